The standard InChI is InChI=1S/C13H12N4O/c1-16-8-10(7-15-16)17-12(14)6-9-4-2-3-5-11(9)13(17)18/h2-8H,14H2,1H3. The van der Waals surface area contributed by atoms with Crippen LogP contribution in [0.25, 0.3) is 16.5 Å². The molecule has 0 aliphatic carbocycles. The van der Waals surface area contributed by atoms with E-state index in [9.17, 15) is 4.79 Å². The van der Waals surface area contributed by atoms with Gasteiger partial charge in [0.15, 0.2) is 0 Å². The number of anilines is 1. The molecule has 2 aromatic heterocycles. The van der Waals surface area contributed by atoms with E-state index in [-0.39, 0.29) is 5.56 Å². The van der Waals surface area contributed by atoms with Crippen molar-refractivity contribution in [1.82, 2.24) is 14.3 Å². The molecule has 0 radical (unpaired) electrons. The van der Waals surface area contributed by atoms with Crippen LogP contribution in [0.15, 0.2) is 47.5 Å². The van der Waals surface area contributed by atoms with Crippen LogP contribution < -0.4 is 11.3 Å². The highest BCUT2D eigenvalue weighted by Gasteiger charge is 2.09. The van der Waals surface area contributed by atoms with E-state index in [0.717, 1.165) is 5.39 Å². The largest absolute Gasteiger partial charge is 0.385 e. The Hall–Kier alpha value is -2.56. The Morgan fingerprint density at radius 2 is 2.06 bits per heavy atom. The molecule has 0 bridgehead atoms. The SMILES string of the molecule is Cn1cc(-n2c(N)cc3ccccc3c2=O)cn1. The van der Waals surface area contributed by atoms with Crippen LogP contribution in [0, 0.1) is 0 Å². The van der Waals surface area contributed by atoms with Crippen molar-refractivity contribution in [3.8, 4) is 5.69 Å². The molecule has 0 atom stereocenters. The van der Waals surface area contributed by atoms with E-state index in [1.165, 1.54) is 4.57 Å². The molecular weight excluding hydrogens is 228 g/mol. The smallest absolute Gasteiger partial charge is 0.264 e. The molecule has 90 valence electrons. The van der Waals surface area contributed by atoms with Gasteiger partial charge in [-0.25, -0.2) is 0 Å². The maximum absolute atomic E-state index is 12.4. The Labute approximate surface area is 103 Å². The van der Waals surface area contributed by atoms with E-state index < -0.39 is 0 Å². The molecule has 2 heterocycles. The zero-order valence-electron chi connectivity index (χ0n) is 9.87. The van der Waals surface area contributed by atoms with Crippen molar-refractivity contribution in [2.24, 2.45) is 7.05 Å². The van der Waals surface area contributed by atoms with E-state index in [1.54, 1.807) is 36.3 Å². The molecule has 18 heavy (non-hydrogen) atoms. The number of hydrogen-bond acceptors (Lipinski definition) is 3. The fourth-order valence-electron chi connectivity index (χ4n) is 2.07. The summed E-state index contributed by atoms with van der Waals surface area (Å²) in [7, 11) is 1.80. The number of nitrogen functional groups attached to an aromatic ring is 1. The summed E-state index contributed by atoms with van der Waals surface area (Å²) in [5, 5.41) is 5.55. The Kier molecular flexibility index (Phi) is 2.19. The van der Waals surface area contributed by atoms with Crippen LogP contribution >= 0.6 is 0 Å². The van der Waals surface area contributed by atoms with Gasteiger partial charge in [0.1, 0.15) is 5.82 Å². The van der Waals surface area contributed by atoms with Crippen LogP contribution in [0.1, 0.15) is 0 Å². The lowest BCUT2D eigenvalue weighted by Gasteiger charge is -2.08. The van der Waals surface area contributed by atoms with Crippen LogP contribution in [0.3, 0.4) is 0 Å². The highest BCUT2D eigenvalue weighted by molar-refractivity contribution is 5.84. The molecule has 0 spiro atoms. The summed E-state index contributed by atoms with van der Waals surface area (Å²) in [6, 6.07) is 9.19. The van der Waals surface area contributed by atoms with Gasteiger partial charge in [0.05, 0.1) is 11.9 Å². The van der Waals surface area contributed by atoms with Gasteiger partial charge in [0, 0.05) is 18.6 Å². The molecule has 3 aromatic rings. The second-order valence-corrected chi connectivity index (χ2v) is 4.17. The second-order valence-electron chi connectivity index (χ2n) is 4.17. The summed E-state index contributed by atoms with van der Waals surface area (Å²) in [5.41, 5.74) is 6.50. The first-order valence-electron chi connectivity index (χ1n) is 5.56. The number of aromatic nitrogens is 3. The van der Waals surface area contributed by atoms with Gasteiger partial charge in [0.25, 0.3) is 5.56 Å². The van der Waals surface area contributed by atoms with Crippen molar-refractivity contribution in [2.45, 2.75) is 0 Å². The highest BCUT2D eigenvalue weighted by Crippen LogP contribution is 2.16. The van der Waals surface area contributed by atoms with Crippen LogP contribution in [0.2, 0.25) is 0 Å². The number of fused-ring (bicyclic) bond motifs is 1. The quantitative estimate of drug-likeness (QED) is 0.697. The van der Waals surface area contributed by atoms with Crippen LogP contribution in [0.5, 0.6) is 0 Å². The lowest BCUT2D eigenvalue weighted by molar-refractivity contribution is 0.767. The van der Waals surface area contributed by atoms with E-state index in [2.05, 4.69) is 5.10 Å². The fraction of sp³-hybridized carbons (Fsp3) is 0.0769. The van der Waals surface area contributed by atoms with E-state index >= 15 is 0 Å². The van der Waals surface area contributed by atoms with Crippen molar-refractivity contribution >= 4 is 16.6 Å². The molecule has 0 saturated heterocycles. The average Bonchev–Trinajstić information content (AvgIpc) is 2.76. The van der Waals surface area contributed by atoms with Gasteiger partial charge in [-0.15, -0.1) is 0 Å². The predicted octanol–water partition coefficient (Wildman–Crippen LogP) is 1.31. The van der Waals surface area contributed by atoms with Gasteiger partial charge in [-0.3, -0.25) is 14.0 Å². The third kappa shape index (κ3) is 1.48. The zero-order chi connectivity index (χ0) is 12.7. The molecule has 5 nitrogen and oxygen atoms in total. The Morgan fingerprint density at radius 3 is 2.78 bits per heavy atom. The van der Waals surface area contributed by atoms with Crippen molar-refractivity contribution in [2.75, 3.05) is 5.73 Å². The molecule has 0 unspecified atom stereocenters. The third-order valence-electron chi connectivity index (χ3n) is 2.91. The molecule has 1 aromatic carbocycles. The summed E-state index contributed by atoms with van der Waals surface area (Å²) in [6.07, 6.45) is 3.37. The van der Waals surface area contributed by atoms with Gasteiger partial charge in [-0.2, -0.15) is 5.10 Å². The van der Waals surface area contributed by atoms with E-state index in [1.807, 2.05) is 18.2 Å². The number of pyridine rings is 1. The Balaban J connectivity index is 2.40. The molecule has 0 saturated carbocycles. The van der Waals surface area contributed by atoms with Crippen LogP contribution in [-0.4, -0.2) is 14.3 Å². The Morgan fingerprint density at radius 1 is 1.28 bits per heavy atom. The first-order valence-corrected chi connectivity index (χ1v) is 5.56. The number of rotatable bonds is 1. The fourth-order valence-corrected chi connectivity index (χ4v) is 2.07. The maximum Gasteiger partial charge on any atom is 0.264 e. The monoisotopic (exact) mass is 240 g/mol. The topological polar surface area (TPSA) is 65.8 Å². The molecule has 0 aliphatic rings. The van der Waals surface area contributed by atoms with Gasteiger partial charge in [-0.05, 0) is 17.5 Å². The van der Waals surface area contributed by atoms with E-state index in [0.29, 0.717) is 16.9 Å². The lowest BCUT2D eigenvalue weighted by Crippen LogP contribution is -2.20. The molecule has 3 rings (SSSR count). The first kappa shape index (κ1) is 10.6. The molecular formula is C13H12N4O. The number of hydrogen-bond donors (Lipinski definition) is 1. The van der Waals surface area contributed by atoms with Gasteiger partial charge in [0.2, 0.25) is 0 Å². The summed E-state index contributed by atoms with van der Waals surface area (Å²) < 4.78 is 3.10. The van der Waals surface area contributed by atoms with Crippen LogP contribution in [-0.2, 0) is 7.05 Å². The van der Waals surface area contributed by atoms with Crippen molar-refractivity contribution in [1.29, 1.82) is 0 Å². The van der Waals surface area contributed by atoms with Gasteiger partial charge >= 0.3 is 0 Å². The normalized spacial score (nSPS) is 10.9. The number of aryl methyl sites for hydroxylation is 1. The molecule has 0 fully saturated rings. The van der Waals surface area contributed by atoms with Crippen molar-refractivity contribution in [3.05, 3.63) is 53.1 Å². The summed E-state index contributed by atoms with van der Waals surface area (Å²) >= 11 is 0. The van der Waals surface area contributed by atoms with Crippen LogP contribution in [0.4, 0.5) is 5.82 Å². The van der Waals surface area contributed by atoms with Crippen molar-refractivity contribution in [3.63, 3.8) is 0 Å². The second kappa shape index (κ2) is 3.73. The number of nitrogens with two attached hydrogens (primary N) is 1. The minimum atomic E-state index is -0.126. The summed E-state index contributed by atoms with van der Waals surface area (Å²) in [6.45, 7) is 0. The molecule has 0 amide bonds. The first-order chi connectivity index (χ1) is 8.66. The predicted molar refractivity (Wildman–Crippen MR) is 70.7 cm³/mol. The van der Waals surface area contributed by atoms with E-state index in [4.69, 9.17) is 5.73 Å². The average molecular weight is 240 g/mol. The van der Waals surface area contributed by atoms with Gasteiger partial charge in [-0.1, -0.05) is 18.2 Å². The number of benzene rings is 1. The van der Waals surface area contributed by atoms with Crippen molar-refractivity contribution < 1.29 is 0 Å². The molecule has 5 heteroatoms. The Bertz CT molecular complexity index is 785. The summed E-state index contributed by atoms with van der Waals surface area (Å²) in [4.78, 5) is 12.4. The summed E-state index contributed by atoms with van der Waals surface area (Å²) in [5.74, 6) is 0.409. The molecule has 2 N–H and O–H groups in total. The number of nitrogens with zero attached hydrogens (tertiary/aromatic N) is 3. The van der Waals surface area contributed by atoms with Gasteiger partial charge < -0.3 is 5.73 Å². The minimum absolute atomic E-state index is 0.126. The highest BCUT2D eigenvalue weighted by atomic mass is 16.1. The minimum Gasteiger partial charge on any atom is -0.385 e. The third-order valence-corrected chi connectivity index (χ3v) is 2.91. The zero-order valence-corrected chi connectivity index (χ0v) is 9.87. The maximum atomic E-state index is 12.4. The lowest BCUT2D eigenvalue weighted by atomic mass is 10.1. The molecule has 0 aliphatic heterocycles.